The number of aromatic nitrogens is 4. The number of aliphatic hydroxyl groups excluding tert-OH is 2. The Morgan fingerprint density at radius 1 is 1.48 bits per heavy atom. The van der Waals surface area contributed by atoms with E-state index in [1.807, 2.05) is 6.92 Å². The molecule has 3 heterocycles. The number of ether oxygens (including phenoxy) is 1. The van der Waals surface area contributed by atoms with Crippen LogP contribution >= 0.6 is 0 Å². The summed E-state index contributed by atoms with van der Waals surface area (Å²) in [5.41, 5.74) is 6.81. The molecule has 8 nitrogen and oxygen atoms in total. The van der Waals surface area contributed by atoms with Crippen LogP contribution in [0.2, 0.25) is 4.82 Å². The van der Waals surface area contributed by atoms with Crippen LogP contribution in [-0.2, 0) is 4.74 Å². The molecule has 9 heteroatoms. The van der Waals surface area contributed by atoms with E-state index in [0.29, 0.717) is 23.4 Å². The SMILES string of the molecule is CCC(O)[C@H]1O[C@@H](n2cnc3c(N)ncnc32)[C@H]([SeH])[C@@H]1O. The van der Waals surface area contributed by atoms with Crippen molar-refractivity contribution in [2.24, 2.45) is 0 Å². The van der Waals surface area contributed by atoms with Gasteiger partial charge >= 0.3 is 129 Å². The molecule has 114 valence electrons. The third-order valence-electron chi connectivity index (χ3n) is 3.73. The number of rotatable bonds is 3. The molecule has 1 aliphatic heterocycles. The average molecular weight is 358 g/mol. The summed E-state index contributed by atoms with van der Waals surface area (Å²) in [4.78, 5) is 12.0. The summed E-state index contributed by atoms with van der Waals surface area (Å²) < 4.78 is 7.55. The van der Waals surface area contributed by atoms with Crippen LogP contribution in [0.15, 0.2) is 12.7 Å². The van der Waals surface area contributed by atoms with Gasteiger partial charge in [0.25, 0.3) is 0 Å². The van der Waals surface area contributed by atoms with Gasteiger partial charge in [0.15, 0.2) is 0 Å². The first-order chi connectivity index (χ1) is 10.0. The monoisotopic (exact) mass is 359 g/mol. The molecule has 5 atom stereocenters. The zero-order valence-electron chi connectivity index (χ0n) is 11.4. The molecule has 0 aromatic carbocycles. The molecule has 2 aromatic rings. The van der Waals surface area contributed by atoms with E-state index in [1.54, 1.807) is 10.9 Å². The molecule has 2 aromatic heterocycles. The van der Waals surface area contributed by atoms with Gasteiger partial charge < -0.3 is 0 Å². The van der Waals surface area contributed by atoms with Crippen molar-refractivity contribution in [3.05, 3.63) is 12.7 Å². The summed E-state index contributed by atoms with van der Waals surface area (Å²) in [5, 5.41) is 20.2. The van der Waals surface area contributed by atoms with Crippen LogP contribution in [0, 0.1) is 0 Å². The molecule has 0 radical (unpaired) electrons. The molecule has 1 saturated heterocycles. The first-order valence-corrected chi connectivity index (χ1v) is 7.75. The van der Waals surface area contributed by atoms with Crippen LogP contribution in [-0.4, -0.2) is 64.1 Å². The summed E-state index contributed by atoms with van der Waals surface area (Å²) in [7, 11) is 0. The summed E-state index contributed by atoms with van der Waals surface area (Å²) in [5.74, 6) is 0.296. The van der Waals surface area contributed by atoms with Gasteiger partial charge in [-0.2, -0.15) is 0 Å². The van der Waals surface area contributed by atoms with E-state index in [-0.39, 0.29) is 4.82 Å². The molecule has 21 heavy (non-hydrogen) atoms. The Balaban J connectivity index is 1.98. The Morgan fingerprint density at radius 3 is 2.95 bits per heavy atom. The fourth-order valence-electron chi connectivity index (χ4n) is 2.52. The van der Waals surface area contributed by atoms with E-state index in [0.717, 1.165) is 0 Å². The number of fused-ring (bicyclic) bond motifs is 1. The summed E-state index contributed by atoms with van der Waals surface area (Å²) in [6, 6.07) is 0. The van der Waals surface area contributed by atoms with Gasteiger partial charge in [0, 0.05) is 0 Å². The minimum atomic E-state index is -0.776. The molecular formula is C12H17N5O3Se. The van der Waals surface area contributed by atoms with Gasteiger partial charge in [0.05, 0.1) is 0 Å². The third-order valence-corrected chi connectivity index (χ3v) is 4.91. The quantitative estimate of drug-likeness (QED) is 0.610. The van der Waals surface area contributed by atoms with Crippen LogP contribution in [0.4, 0.5) is 5.82 Å². The van der Waals surface area contributed by atoms with Crippen molar-refractivity contribution in [3.8, 4) is 0 Å². The molecule has 1 unspecified atom stereocenters. The van der Waals surface area contributed by atoms with Crippen LogP contribution in [0.25, 0.3) is 11.2 Å². The summed E-state index contributed by atoms with van der Waals surface area (Å²) in [6.07, 6.45) is 0.823. The van der Waals surface area contributed by atoms with Gasteiger partial charge in [0.1, 0.15) is 0 Å². The van der Waals surface area contributed by atoms with Crippen molar-refractivity contribution < 1.29 is 14.9 Å². The molecule has 0 aliphatic carbocycles. The number of anilines is 1. The number of imidazole rings is 1. The van der Waals surface area contributed by atoms with E-state index in [9.17, 15) is 10.2 Å². The molecule has 0 saturated carbocycles. The Labute approximate surface area is 129 Å². The predicted molar refractivity (Wildman–Crippen MR) is 76.8 cm³/mol. The average Bonchev–Trinajstić information content (AvgIpc) is 3.02. The standard InChI is InChI=1S/C12H17N5O3Se/c1-2-5(18)8-7(19)9(21)12(20-8)17-4-16-6-10(13)14-3-15-11(6)17/h3-5,7-9,12,18-19,21H,2H2,1H3,(H2,13,14,15)/t5?,7-,8-,9-,12-/m1/s1. The molecule has 1 fully saturated rings. The van der Waals surface area contributed by atoms with Gasteiger partial charge in [-0.3, -0.25) is 0 Å². The first-order valence-electron chi connectivity index (χ1n) is 6.67. The number of hydrogen-bond donors (Lipinski definition) is 3. The first kappa shape index (κ1) is 14.7. The van der Waals surface area contributed by atoms with Gasteiger partial charge in [0.2, 0.25) is 0 Å². The van der Waals surface area contributed by atoms with E-state index in [2.05, 4.69) is 31.0 Å². The van der Waals surface area contributed by atoms with Crippen molar-refractivity contribution in [1.29, 1.82) is 0 Å². The maximum absolute atomic E-state index is 10.3. The number of nitrogen functional groups attached to an aromatic ring is 1. The van der Waals surface area contributed by atoms with E-state index >= 15 is 0 Å². The summed E-state index contributed by atoms with van der Waals surface area (Å²) >= 11 is 2.39. The van der Waals surface area contributed by atoms with Crippen LogP contribution in [0.5, 0.6) is 0 Å². The predicted octanol–water partition coefficient (Wildman–Crippen LogP) is -0.873. The van der Waals surface area contributed by atoms with Gasteiger partial charge in [-0.1, -0.05) is 0 Å². The van der Waals surface area contributed by atoms with Gasteiger partial charge in [-0.15, -0.1) is 0 Å². The molecule has 1 aliphatic rings. The number of nitrogens with zero attached hydrogens (tertiary/aromatic N) is 4. The normalized spacial score (nSPS) is 30.9. The topological polar surface area (TPSA) is 119 Å². The van der Waals surface area contributed by atoms with E-state index in [1.165, 1.54) is 6.33 Å². The van der Waals surface area contributed by atoms with Crippen LogP contribution in [0.3, 0.4) is 0 Å². The van der Waals surface area contributed by atoms with E-state index in [4.69, 9.17) is 10.5 Å². The van der Waals surface area contributed by atoms with E-state index < -0.39 is 24.5 Å². The number of hydrogen-bond acceptors (Lipinski definition) is 7. The molecule has 3 rings (SSSR count). The molecule has 4 N–H and O–H groups in total. The molecular weight excluding hydrogens is 341 g/mol. The molecule has 0 amide bonds. The van der Waals surface area contributed by atoms with Crippen molar-refractivity contribution in [1.82, 2.24) is 19.5 Å². The summed E-state index contributed by atoms with van der Waals surface area (Å²) in [6.45, 7) is 1.84. The zero-order valence-corrected chi connectivity index (χ0v) is 13.2. The Kier molecular flexibility index (Phi) is 3.85. The van der Waals surface area contributed by atoms with Crippen LogP contribution < -0.4 is 5.73 Å². The Hall–Kier alpha value is -1.25. The minimum absolute atomic E-state index is 0.266. The van der Waals surface area contributed by atoms with Gasteiger partial charge in [-0.25, -0.2) is 0 Å². The second-order valence-corrected chi connectivity index (χ2v) is 6.28. The molecule has 0 bridgehead atoms. The van der Waals surface area contributed by atoms with Gasteiger partial charge in [-0.05, 0) is 0 Å². The number of aliphatic hydroxyl groups is 2. The Bertz CT molecular complexity index is 651. The third kappa shape index (κ3) is 2.31. The second-order valence-electron chi connectivity index (χ2n) is 5.03. The Morgan fingerprint density at radius 2 is 2.24 bits per heavy atom. The van der Waals surface area contributed by atoms with Crippen molar-refractivity contribution in [2.45, 2.75) is 42.7 Å². The van der Waals surface area contributed by atoms with Crippen LogP contribution in [0.1, 0.15) is 19.6 Å². The second kappa shape index (κ2) is 5.51. The number of nitrogens with two attached hydrogens (primary N) is 1. The zero-order chi connectivity index (χ0) is 15.1. The molecule has 0 spiro atoms. The van der Waals surface area contributed by atoms with Crippen molar-refractivity contribution >= 4 is 33.0 Å². The van der Waals surface area contributed by atoms with Crippen molar-refractivity contribution in [2.75, 3.05) is 5.73 Å². The van der Waals surface area contributed by atoms with Crippen molar-refractivity contribution in [3.63, 3.8) is 0 Å². The fraction of sp³-hybridized carbons (Fsp3) is 0.583. The fourth-order valence-corrected chi connectivity index (χ4v) is 3.33. The maximum atomic E-state index is 10.3.